The van der Waals surface area contributed by atoms with Crippen LogP contribution in [0.1, 0.15) is 49.9 Å². The molecule has 152 valence electrons. The quantitative estimate of drug-likeness (QED) is 0.512. The van der Waals surface area contributed by atoms with Crippen molar-refractivity contribution in [1.82, 2.24) is 14.4 Å². The molecule has 2 aromatic heterocycles. The van der Waals surface area contributed by atoms with E-state index in [1.165, 1.54) is 0 Å². The second-order valence-electron chi connectivity index (χ2n) is 6.67. The van der Waals surface area contributed by atoms with Gasteiger partial charge in [-0.05, 0) is 25.0 Å². The van der Waals surface area contributed by atoms with Crippen molar-refractivity contribution in [3.63, 3.8) is 0 Å². The molecule has 1 unspecified atom stereocenters. The third kappa shape index (κ3) is 3.78. The molecule has 4 rings (SSSR count). The second kappa shape index (κ2) is 8.30. The molecule has 2 heterocycles. The van der Waals surface area contributed by atoms with Crippen LogP contribution in [-0.2, 0) is 20.7 Å². The number of aromatic nitrogens is 3. The smallest absolute Gasteiger partial charge is 0.313 e. The Hall–Kier alpha value is -3.42. The molecule has 2 N–H and O–H groups in total. The van der Waals surface area contributed by atoms with Crippen LogP contribution in [-0.4, -0.2) is 38.0 Å². The lowest BCUT2D eigenvalue weighted by Gasteiger charge is -2.14. The molecule has 0 radical (unpaired) electrons. The number of rotatable bonds is 4. The van der Waals surface area contributed by atoms with Crippen LogP contribution < -0.4 is 5.56 Å². The van der Waals surface area contributed by atoms with Crippen LogP contribution in [0.25, 0.3) is 16.9 Å². The zero-order valence-electron chi connectivity index (χ0n) is 16.6. The minimum Gasteiger partial charge on any atom is -0.481 e. The van der Waals surface area contributed by atoms with Crippen molar-refractivity contribution < 1.29 is 19.4 Å². The predicted octanol–water partition coefficient (Wildman–Crippen LogP) is 2.74. The number of imidazole rings is 1. The zero-order valence-corrected chi connectivity index (χ0v) is 16.6. The summed E-state index contributed by atoms with van der Waals surface area (Å²) in [5.74, 6) is -1.33. The molecule has 3 aromatic rings. The fourth-order valence-corrected chi connectivity index (χ4v) is 3.45. The Bertz CT molecular complexity index is 1130. The summed E-state index contributed by atoms with van der Waals surface area (Å²) in [5.41, 5.74) is 4.93. The number of nitrogens with one attached hydrogen (secondary N) is 1. The molecule has 0 saturated heterocycles. The third-order valence-corrected chi connectivity index (χ3v) is 4.90. The molecule has 29 heavy (non-hydrogen) atoms. The van der Waals surface area contributed by atoms with Crippen molar-refractivity contribution in [3.8, 4) is 11.3 Å². The summed E-state index contributed by atoms with van der Waals surface area (Å²) in [4.78, 5) is 40.8. The third-order valence-electron chi connectivity index (χ3n) is 4.90. The summed E-state index contributed by atoms with van der Waals surface area (Å²) in [5, 5.41) is 7.72. The Morgan fingerprint density at radius 3 is 2.72 bits per heavy atom. The van der Waals surface area contributed by atoms with Crippen molar-refractivity contribution in [2.24, 2.45) is 0 Å². The van der Waals surface area contributed by atoms with Crippen molar-refractivity contribution >= 4 is 17.6 Å². The van der Waals surface area contributed by atoms with Gasteiger partial charge in [-0.1, -0.05) is 25.1 Å². The summed E-state index contributed by atoms with van der Waals surface area (Å²) in [6.45, 7) is 5.62. The average Bonchev–Trinajstić information content (AvgIpc) is 3.33. The number of ether oxygens (including phenoxy) is 1. The fraction of sp³-hybridized carbons (Fsp3) is 0.333. The van der Waals surface area contributed by atoms with Gasteiger partial charge in [0.05, 0.1) is 23.9 Å². The minimum atomic E-state index is -0.745. The first-order valence-electron chi connectivity index (χ1n) is 9.47. The number of hydrogen-bond acceptors (Lipinski definition) is 5. The van der Waals surface area contributed by atoms with Gasteiger partial charge in [-0.3, -0.25) is 18.8 Å². The minimum absolute atomic E-state index is 0.213. The van der Waals surface area contributed by atoms with E-state index in [-0.39, 0.29) is 23.9 Å². The van der Waals surface area contributed by atoms with Gasteiger partial charge in [0.25, 0.3) is 5.56 Å². The van der Waals surface area contributed by atoms with E-state index in [1.807, 2.05) is 29.5 Å². The van der Waals surface area contributed by atoms with E-state index in [4.69, 9.17) is 9.84 Å². The molecule has 0 fully saturated rings. The molecule has 0 bridgehead atoms. The summed E-state index contributed by atoms with van der Waals surface area (Å²) in [6.07, 6.45) is 4.29. The molecular weight excluding hydrogens is 374 g/mol. The number of carbonyl (C=O) groups is 2. The fourth-order valence-electron chi connectivity index (χ4n) is 3.45. The molecular formula is C21H23N3O5. The lowest BCUT2D eigenvalue weighted by atomic mass is 9.93. The van der Waals surface area contributed by atoms with Gasteiger partial charge < -0.3 is 14.8 Å². The molecule has 1 atom stereocenters. The summed E-state index contributed by atoms with van der Waals surface area (Å²) >= 11 is 0. The van der Waals surface area contributed by atoms with Crippen LogP contribution in [0, 0.1) is 0 Å². The van der Waals surface area contributed by atoms with E-state index in [0.29, 0.717) is 18.7 Å². The van der Waals surface area contributed by atoms with Gasteiger partial charge in [0, 0.05) is 30.8 Å². The van der Waals surface area contributed by atoms with E-state index < -0.39 is 5.97 Å². The van der Waals surface area contributed by atoms with Gasteiger partial charge in [0.2, 0.25) is 5.65 Å². The molecule has 8 nitrogen and oxygen atoms in total. The average molecular weight is 397 g/mol. The van der Waals surface area contributed by atoms with Gasteiger partial charge >= 0.3 is 11.9 Å². The highest BCUT2D eigenvalue weighted by Crippen LogP contribution is 2.38. The highest BCUT2D eigenvalue weighted by molar-refractivity contribution is 5.82. The lowest BCUT2D eigenvalue weighted by Crippen LogP contribution is -2.14. The number of aliphatic carboxylic acids is 1. The van der Waals surface area contributed by atoms with Crippen molar-refractivity contribution in [2.45, 2.75) is 39.5 Å². The molecule has 0 aliphatic heterocycles. The normalized spacial score (nSPS) is 12.5. The molecule has 1 aromatic carbocycles. The first-order chi connectivity index (χ1) is 13.9. The number of carboxylic acids is 1. The van der Waals surface area contributed by atoms with Crippen molar-refractivity contribution in [1.29, 1.82) is 0 Å². The van der Waals surface area contributed by atoms with Gasteiger partial charge in [-0.15, -0.1) is 0 Å². The van der Waals surface area contributed by atoms with E-state index in [2.05, 4.69) is 9.97 Å². The largest absolute Gasteiger partial charge is 0.481 e. The Morgan fingerprint density at radius 2 is 2.07 bits per heavy atom. The molecule has 0 spiro atoms. The molecule has 8 heteroatoms. The highest BCUT2D eigenvalue weighted by Gasteiger charge is 2.28. The standard InChI is InChI=1S/C18H17N3O3.C3H6O2/c1-3-24-18(23)10(2)11-5-4-6-12-13(11)9-14-15(12)20-17(22)16-19-7-8-21(14)16;1-2-3(4)5/h4-8,10H,3,9H2,1-2H3,(H,20,22);2H2,1H3,(H,4,5). The molecule has 0 amide bonds. The Kier molecular flexibility index (Phi) is 5.81. The van der Waals surface area contributed by atoms with Gasteiger partial charge in [0.15, 0.2) is 0 Å². The van der Waals surface area contributed by atoms with Gasteiger partial charge in [-0.25, -0.2) is 4.98 Å². The van der Waals surface area contributed by atoms with Crippen LogP contribution in [0.2, 0.25) is 0 Å². The van der Waals surface area contributed by atoms with Crippen molar-refractivity contribution in [2.75, 3.05) is 6.61 Å². The number of esters is 1. The first-order valence-corrected chi connectivity index (χ1v) is 9.47. The highest BCUT2D eigenvalue weighted by atomic mass is 16.5. The SMILES string of the molecule is CCC(=O)O.CCOC(=O)C(C)c1cccc2c1Cc1c-2[nH]c(=O)c2nccn12. The zero-order chi connectivity index (χ0) is 21.1. The second-order valence-corrected chi connectivity index (χ2v) is 6.67. The number of hydrogen-bond donors (Lipinski definition) is 2. The van der Waals surface area contributed by atoms with Crippen molar-refractivity contribution in [3.05, 3.63) is 57.8 Å². The maximum atomic E-state index is 12.2. The predicted molar refractivity (Wildman–Crippen MR) is 107 cm³/mol. The van der Waals surface area contributed by atoms with E-state index in [1.54, 1.807) is 26.2 Å². The molecule has 1 aliphatic carbocycles. The van der Waals surface area contributed by atoms with E-state index in [9.17, 15) is 14.4 Å². The number of H-pyrrole nitrogens is 1. The van der Waals surface area contributed by atoms with Gasteiger partial charge in [-0.2, -0.15) is 0 Å². The van der Waals surface area contributed by atoms with Crippen LogP contribution in [0.3, 0.4) is 0 Å². The van der Waals surface area contributed by atoms with E-state index in [0.717, 1.165) is 28.1 Å². The molecule has 1 aliphatic rings. The number of aromatic amines is 1. The Labute approximate surface area is 167 Å². The Balaban J connectivity index is 0.000000431. The maximum Gasteiger partial charge on any atom is 0.313 e. The first kappa shape index (κ1) is 20.3. The number of carbonyl (C=O) groups excluding carboxylic acids is 1. The lowest BCUT2D eigenvalue weighted by molar-refractivity contribution is -0.144. The van der Waals surface area contributed by atoms with E-state index >= 15 is 0 Å². The number of fused-ring (bicyclic) bond motifs is 5. The number of carboxylic acid groups (broad SMARTS) is 1. The van der Waals surface area contributed by atoms with Crippen LogP contribution in [0.5, 0.6) is 0 Å². The number of benzene rings is 1. The van der Waals surface area contributed by atoms with Crippen LogP contribution in [0.15, 0.2) is 35.4 Å². The topological polar surface area (TPSA) is 114 Å². The summed E-state index contributed by atoms with van der Waals surface area (Å²) in [7, 11) is 0. The maximum absolute atomic E-state index is 12.2. The number of nitrogens with zero attached hydrogens (tertiary/aromatic N) is 2. The monoisotopic (exact) mass is 397 g/mol. The molecule has 0 saturated carbocycles. The Morgan fingerprint density at radius 1 is 1.34 bits per heavy atom. The van der Waals surface area contributed by atoms with Gasteiger partial charge in [0.1, 0.15) is 0 Å². The summed E-state index contributed by atoms with van der Waals surface area (Å²) in [6, 6.07) is 5.84. The summed E-state index contributed by atoms with van der Waals surface area (Å²) < 4.78 is 6.99. The van der Waals surface area contributed by atoms with Crippen LogP contribution in [0.4, 0.5) is 0 Å². The van der Waals surface area contributed by atoms with Crippen LogP contribution >= 0.6 is 0 Å².